The van der Waals surface area contributed by atoms with Crippen LogP contribution in [0.4, 0.5) is 0 Å². The van der Waals surface area contributed by atoms with E-state index >= 15 is 0 Å². The van der Waals surface area contributed by atoms with Crippen LogP contribution in [0.2, 0.25) is 0 Å². The maximum absolute atomic E-state index is 11.6. The number of aryl methyl sites for hydroxylation is 1. The molecule has 0 saturated carbocycles. The number of thioether (sulfide) groups is 1. The van der Waals surface area contributed by atoms with Gasteiger partial charge >= 0.3 is 0 Å². The zero-order valence-corrected chi connectivity index (χ0v) is 13.8. The maximum Gasteiger partial charge on any atom is 0.251 e. The molecule has 2 N–H and O–H groups in total. The minimum Gasteiger partial charge on any atom is -0.314 e. The standard InChI is InChI=1S/C15H27N3OS/c1-5-7-13-10-14(19)18-15(17-13)20-12(4)9-11(3)16-8-6-2/h10-12,16H,5-9H2,1-4H3,(H,17,18,19). The highest BCUT2D eigenvalue weighted by molar-refractivity contribution is 7.99. The molecule has 0 aromatic carbocycles. The summed E-state index contributed by atoms with van der Waals surface area (Å²) in [5.74, 6) is 0. The molecule has 5 heteroatoms. The lowest BCUT2D eigenvalue weighted by Gasteiger charge is -2.17. The van der Waals surface area contributed by atoms with Crippen molar-refractivity contribution in [2.45, 2.75) is 69.8 Å². The molecule has 2 unspecified atom stereocenters. The lowest BCUT2D eigenvalue weighted by Crippen LogP contribution is -2.29. The van der Waals surface area contributed by atoms with Crippen molar-refractivity contribution >= 4 is 11.8 Å². The average molecular weight is 297 g/mol. The summed E-state index contributed by atoms with van der Waals surface area (Å²) >= 11 is 1.65. The molecule has 4 nitrogen and oxygen atoms in total. The van der Waals surface area contributed by atoms with E-state index in [1.165, 1.54) is 0 Å². The van der Waals surface area contributed by atoms with E-state index in [2.05, 4.69) is 43.0 Å². The number of rotatable bonds is 9. The fraction of sp³-hybridized carbons (Fsp3) is 0.733. The quantitative estimate of drug-likeness (QED) is 0.543. The second kappa shape index (κ2) is 9.19. The predicted molar refractivity (Wildman–Crippen MR) is 86.5 cm³/mol. The highest BCUT2D eigenvalue weighted by Gasteiger charge is 2.11. The number of H-pyrrole nitrogens is 1. The second-order valence-electron chi connectivity index (χ2n) is 5.31. The van der Waals surface area contributed by atoms with Gasteiger partial charge in [-0.25, -0.2) is 4.98 Å². The summed E-state index contributed by atoms with van der Waals surface area (Å²) in [6.07, 6.45) is 4.08. The van der Waals surface area contributed by atoms with Crippen LogP contribution in [0.15, 0.2) is 16.0 Å². The van der Waals surface area contributed by atoms with Crippen molar-refractivity contribution in [2.24, 2.45) is 0 Å². The first-order chi connectivity index (χ1) is 9.55. The fourth-order valence-electron chi connectivity index (χ4n) is 2.13. The Morgan fingerprint density at radius 1 is 1.35 bits per heavy atom. The molecule has 1 aromatic rings. The Morgan fingerprint density at radius 3 is 2.75 bits per heavy atom. The fourth-order valence-corrected chi connectivity index (χ4v) is 3.23. The minimum absolute atomic E-state index is 0.0460. The van der Waals surface area contributed by atoms with Crippen molar-refractivity contribution in [3.05, 3.63) is 22.1 Å². The summed E-state index contributed by atoms with van der Waals surface area (Å²) in [6.45, 7) is 9.71. The Balaban J connectivity index is 2.56. The third-order valence-electron chi connectivity index (χ3n) is 3.02. The molecular weight excluding hydrogens is 270 g/mol. The van der Waals surface area contributed by atoms with Crippen LogP contribution in [-0.4, -0.2) is 27.8 Å². The number of aromatic nitrogens is 2. The average Bonchev–Trinajstić information content (AvgIpc) is 2.35. The molecule has 0 aliphatic heterocycles. The van der Waals surface area contributed by atoms with E-state index in [-0.39, 0.29) is 5.56 Å². The van der Waals surface area contributed by atoms with E-state index in [9.17, 15) is 4.79 Å². The van der Waals surface area contributed by atoms with Gasteiger partial charge in [0.1, 0.15) is 0 Å². The first kappa shape index (κ1) is 17.2. The smallest absolute Gasteiger partial charge is 0.251 e. The summed E-state index contributed by atoms with van der Waals surface area (Å²) in [7, 11) is 0. The van der Waals surface area contributed by atoms with Gasteiger partial charge in [-0.15, -0.1) is 0 Å². The zero-order chi connectivity index (χ0) is 15.0. The molecule has 1 heterocycles. The summed E-state index contributed by atoms with van der Waals surface area (Å²) in [5.41, 5.74) is 0.846. The molecule has 2 atom stereocenters. The van der Waals surface area contributed by atoms with Crippen molar-refractivity contribution < 1.29 is 0 Å². The molecule has 0 spiro atoms. The maximum atomic E-state index is 11.6. The summed E-state index contributed by atoms with van der Waals surface area (Å²) in [6, 6.07) is 2.09. The van der Waals surface area contributed by atoms with Crippen molar-refractivity contribution in [1.82, 2.24) is 15.3 Å². The first-order valence-corrected chi connectivity index (χ1v) is 8.43. The summed E-state index contributed by atoms with van der Waals surface area (Å²) in [5, 5.41) is 4.66. The Kier molecular flexibility index (Phi) is 7.92. The van der Waals surface area contributed by atoms with Crippen LogP contribution in [0, 0.1) is 0 Å². The molecule has 0 saturated heterocycles. The van der Waals surface area contributed by atoms with E-state index < -0.39 is 0 Å². The van der Waals surface area contributed by atoms with Crippen LogP contribution in [0.3, 0.4) is 0 Å². The SMILES string of the molecule is CCCNC(C)CC(C)Sc1nc(CCC)cc(=O)[nH]1. The first-order valence-electron chi connectivity index (χ1n) is 7.55. The van der Waals surface area contributed by atoms with Crippen LogP contribution >= 0.6 is 11.8 Å². The highest BCUT2D eigenvalue weighted by atomic mass is 32.2. The molecule has 0 radical (unpaired) electrons. The number of aromatic amines is 1. The van der Waals surface area contributed by atoms with Crippen LogP contribution in [0.25, 0.3) is 0 Å². The number of hydrogen-bond donors (Lipinski definition) is 2. The molecule has 0 fully saturated rings. The van der Waals surface area contributed by atoms with Gasteiger partial charge in [0.15, 0.2) is 5.16 Å². The minimum atomic E-state index is -0.0460. The van der Waals surface area contributed by atoms with E-state index in [1.54, 1.807) is 17.8 Å². The topological polar surface area (TPSA) is 57.8 Å². The van der Waals surface area contributed by atoms with Gasteiger partial charge in [0, 0.05) is 23.1 Å². The molecule has 114 valence electrons. The van der Waals surface area contributed by atoms with Gasteiger partial charge in [0.25, 0.3) is 5.56 Å². The second-order valence-corrected chi connectivity index (χ2v) is 6.74. The molecule has 0 bridgehead atoms. The highest BCUT2D eigenvalue weighted by Crippen LogP contribution is 2.22. The molecule has 20 heavy (non-hydrogen) atoms. The number of hydrogen-bond acceptors (Lipinski definition) is 4. The lowest BCUT2D eigenvalue weighted by atomic mass is 10.2. The normalized spacial score (nSPS) is 14.2. The third-order valence-corrected chi connectivity index (χ3v) is 4.03. The van der Waals surface area contributed by atoms with E-state index in [4.69, 9.17) is 0 Å². The van der Waals surface area contributed by atoms with Gasteiger partial charge in [-0.1, -0.05) is 39.0 Å². The van der Waals surface area contributed by atoms with Crippen molar-refractivity contribution in [1.29, 1.82) is 0 Å². The molecular formula is C15H27N3OS. The Bertz CT molecular complexity index is 447. The molecule has 1 rings (SSSR count). The van der Waals surface area contributed by atoms with Gasteiger partial charge in [-0.05, 0) is 32.7 Å². The Hall–Kier alpha value is -0.810. The van der Waals surface area contributed by atoms with E-state index in [0.717, 1.165) is 43.1 Å². The van der Waals surface area contributed by atoms with Gasteiger partial charge in [-0.3, -0.25) is 4.79 Å². The molecule has 0 aliphatic rings. The molecule has 0 aliphatic carbocycles. The summed E-state index contributed by atoms with van der Waals surface area (Å²) < 4.78 is 0. The van der Waals surface area contributed by atoms with Crippen LogP contribution in [0.5, 0.6) is 0 Å². The lowest BCUT2D eigenvalue weighted by molar-refractivity contribution is 0.513. The van der Waals surface area contributed by atoms with Crippen LogP contribution < -0.4 is 10.9 Å². The Labute approximate surface area is 126 Å². The zero-order valence-electron chi connectivity index (χ0n) is 13.0. The Morgan fingerprint density at radius 2 is 2.10 bits per heavy atom. The van der Waals surface area contributed by atoms with Crippen LogP contribution in [0.1, 0.15) is 52.7 Å². The van der Waals surface area contributed by atoms with Crippen molar-refractivity contribution in [2.75, 3.05) is 6.54 Å². The van der Waals surface area contributed by atoms with Gasteiger partial charge in [0.05, 0.1) is 0 Å². The molecule has 0 amide bonds. The molecule has 1 aromatic heterocycles. The van der Waals surface area contributed by atoms with Gasteiger partial charge in [-0.2, -0.15) is 0 Å². The largest absolute Gasteiger partial charge is 0.314 e. The predicted octanol–water partition coefficient (Wildman–Crippen LogP) is 2.98. The van der Waals surface area contributed by atoms with Gasteiger partial charge in [0.2, 0.25) is 0 Å². The van der Waals surface area contributed by atoms with E-state index in [0.29, 0.717) is 11.3 Å². The summed E-state index contributed by atoms with van der Waals surface area (Å²) in [4.78, 5) is 19.0. The number of nitrogens with one attached hydrogen (secondary N) is 2. The third kappa shape index (κ3) is 6.57. The van der Waals surface area contributed by atoms with Crippen molar-refractivity contribution in [3.8, 4) is 0 Å². The van der Waals surface area contributed by atoms with Gasteiger partial charge < -0.3 is 10.3 Å². The monoisotopic (exact) mass is 297 g/mol. The van der Waals surface area contributed by atoms with Crippen molar-refractivity contribution in [3.63, 3.8) is 0 Å². The van der Waals surface area contributed by atoms with E-state index in [1.807, 2.05) is 0 Å². The number of nitrogens with zero attached hydrogens (tertiary/aromatic N) is 1. The van der Waals surface area contributed by atoms with Crippen LogP contribution in [-0.2, 0) is 6.42 Å².